The first kappa shape index (κ1) is 14.1. The highest BCUT2D eigenvalue weighted by atomic mass is 79.9. The average molecular weight is 340 g/mol. The largest absolute Gasteiger partial charge is 0.444 e. The molecule has 1 amide bonds. The van der Waals surface area contributed by atoms with Crippen LogP contribution in [0.4, 0.5) is 10.6 Å². The van der Waals surface area contributed by atoms with Crippen LogP contribution < -0.4 is 16.6 Å². The number of hydrogen-bond acceptors (Lipinski definition) is 4. The second kappa shape index (κ2) is 6.20. The second-order valence-corrected chi connectivity index (χ2v) is 4.58. The molecular weight excluding hydrogens is 330 g/mol. The summed E-state index contributed by atoms with van der Waals surface area (Å²) in [6.07, 6.45) is -0.782. The van der Waals surface area contributed by atoms with E-state index in [2.05, 4.69) is 26.2 Å². The maximum atomic E-state index is 11.6. The first-order valence-corrected chi connectivity index (χ1v) is 6.35. The van der Waals surface area contributed by atoms with Crippen molar-refractivity contribution >= 4 is 27.8 Å². The number of rotatable bonds is 3. The van der Waals surface area contributed by atoms with Crippen LogP contribution in [0.1, 0.15) is 5.56 Å². The standard InChI is InChI=1S/C12H10BrN3O4/c13-8-9(14-11(18)16-10(8)17)15-12(19)20-6-7-4-2-1-3-5-7/h1-5H,6H2,(H3,14,15,16,17,18,19). The highest BCUT2D eigenvalue weighted by Crippen LogP contribution is 2.12. The fourth-order valence-corrected chi connectivity index (χ4v) is 1.72. The maximum absolute atomic E-state index is 11.6. The monoisotopic (exact) mass is 339 g/mol. The van der Waals surface area contributed by atoms with E-state index in [0.29, 0.717) is 0 Å². The van der Waals surface area contributed by atoms with Gasteiger partial charge in [-0.05, 0) is 21.5 Å². The summed E-state index contributed by atoms with van der Waals surface area (Å²) in [5, 5.41) is 2.28. The average Bonchev–Trinajstić information content (AvgIpc) is 2.43. The van der Waals surface area contributed by atoms with Crippen molar-refractivity contribution in [3.63, 3.8) is 0 Å². The first-order chi connectivity index (χ1) is 9.56. The zero-order chi connectivity index (χ0) is 14.5. The van der Waals surface area contributed by atoms with E-state index < -0.39 is 17.3 Å². The van der Waals surface area contributed by atoms with Gasteiger partial charge in [-0.3, -0.25) is 20.1 Å². The van der Waals surface area contributed by atoms with Crippen LogP contribution in [0.5, 0.6) is 0 Å². The summed E-state index contributed by atoms with van der Waals surface area (Å²) in [7, 11) is 0. The molecule has 0 saturated heterocycles. The lowest BCUT2D eigenvalue weighted by Gasteiger charge is -2.07. The summed E-state index contributed by atoms with van der Waals surface area (Å²) in [5.74, 6) is -0.0585. The van der Waals surface area contributed by atoms with Gasteiger partial charge in [-0.15, -0.1) is 0 Å². The molecule has 2 aromatic rings. The molecule has 0 aliphatic heterocycles. The second-order valence-electron chi connectivity index (χ2n) is 3.78. The molecule has 1 aromatic heterocycles. The molecular formula is C12H10BrN3O4. The smallest absolute Gasteiger partial charge is 0.413 e. The summed E-state index contributed by atoms with van der Waals surface area (Å²) in [5.41, 5.74) is -0.551. The lowest BCUT2D eigenvalue weighted by atomic mass is 10.2. The van der Waals surface area contributed by atoms with E-state index in [1.54, 1.807) is 12.1 Å². The normalized spacial score (nSPS) is 10.1. The van der Waals surface area contributed by atoms with E-state index in [1.807, 2.05) is 23.2 Å². The van der Waals surface area contributed by atoms with Gasteiger partial charge in [0.15, 0.2) is 0 Å². The van der Waals surface area contributed by atoms with E-state index in [4.69, 9.17) is 4.74 Å². The summed E-state index contributed by atoms with van der Waals surface area (Å²) >= 11 is 2.95. The number of aromatic amines is 2. The lowest BCUT2D eigenvalue weighted by Crippen LogP contribution is -2.26. The van der Waals surface area contributed by atoms with Crippen LogP contribution in [-0.2, 0) is 11.3 Å². The number of nitrogens with one attached hydrogen (secondary N) is 3. The Balaban J connectivity index is 2.02. The molecule has 1 heterocycles. The Morgan fingerprint density at radius 1 is 1.20 bits per heavy atom. The topological polar surface area (TPSA) is 104 Å². The van der Waals surface area contributed by atoms with Crippen LogP contribution >= 0.6 is 15.9 Å². The minimum Gasteiger partial charge on any atom is -0.444 e. The molecule has 0 aliphatic rings. The predicted molar refractivity (Wildman–Crippen MR) is 75.6 cm³/mol. The maximum Gasteiger partial charge on any atom is 0.413 e. The number of halogens is 1. The minimum atomic E-state index is -0.782. The molecule has 0 fully saturated rings. The van der Waals surface area contributed by atoms with Crippen molar-refractivity contribution in [3.05, 3.63) is 61.2 Å². The lowest BCUT2D eigenvalue weighted by molar-refractivity contribution is 0.155. The van der Waals surface area contributed by atoms with Gasteiger partial charge >= 0.3 is 11.8 Å². The van der Waals surface area contributed by atoms with Crippen molar-refractivity contribution in [3.8, 4) is 0 Å². The molecule has 0 unspecified atom stereocenters. The fourth-order valence-electron chi connectivity index (χ4n) is 1.42. The van der Waals surface area contributed by atoms with Crippen molar-refractivity contribution in [2.24, 2.45) is 0 Å². The van der Waals surface area contributed by atoms with Gasteiger partial charge in [0.05, 0.1) is 0 Å². The molecule has 7 nitrogen and oxygen atoms in total. The van der Waals surface area contributed by atoms with Crippen molar-refractivity contribution in [1.29, 1.82) is 0 Å². The number of ether oxygens (including phenoxy) is 1. The van der Waals surface area contributed by atoms with E-state index in [0.717, 1.165) is 5.56 Å². The molecule has 2 rings (SSSR count). The first-order valence-electron chi connectivity index (χ1n) is 5.56. The van der Waals surface area contributed by atoms with Gasteiger partial charge in [0.25, 0.3) is 5.56 Å². The quantitative estimate of drug-likeness (QED) is 0.789. The molecule has 0 saturated carbocycles. The van der Waals surface area contributed by atoms with E-state index in [-0.39, 0.29) is 16.9 Å². The van der Waals surface area contributed by atoms with E-state index in [1.165, 1.54) is 0 Å². The highest BCUT2D eigenvalue weighted by molar-refractivity contribution is 9.10. The number of hydrogen-bond donors (Lipinski definition) is 3. The highest BCUT2D eigenvalue weighted by Gasteiger charge is 2.10. The summed E-state index contributed by atoms with van der Waals surface area (Å²) in [4.78, 5) is 38.3. The molecule has 104 valence electrons. The minimum absolute atomic E-state index is 0.00811. The van der Waals surface area contributed by atoms with Crippen LogP contribution in [-0.4, -0.2) is 16.1 Å². The Labute approximate surface area is 121 Å². The fraction of sp³-hybridized carbons (Fsp3) is 0.0833. The molecule has 0 radical (unpaired) electrons. The third-order valence-corrected chi connectivity index (χ3v) is 3.08. The van der Waals surface area contributed by atoms with Gasteiger partial charge in [-0.1, -0.05) is 30.3 Å². The number of aromatic nitrogens is 2. The van der Waals surface area contributed by atoms with Gasteiger partial charge in [-0.25, -0.2) is 9.59 Å². The van der Waals surface area contributed by atoms with E-state index >= 15 is 0 Å². The molecule has 0 atom stereocenters. The number of carbonyl (C=O) groups is 1. The number of benzene rings is 1. The molecule has 0 spiro atoms. The Hall–Kier alpha value is -2.35. The zero-order valence-electron chi connectivity index (χ0n) is 10.1. The van der Waals surface area contributed by atoms with E-state index in [9.17, 15) is 14.4 Å². The van der Waals surface area contributed by atoms with Crippen LogP contribution in [0.25, 0.3) is 0 Å². The Kier molecular flexibility index (Phi) is 4.36. The Bertz CT molecular complexity index is 723. The number of anilines is 1. The van der Waals surface area contributed by atoms with Crippen LogP contribution in [0.3, 0.4) is 0 Å². The van der Waals surface area contributed by atoms with Gasteiger partial charge in [0.1, 0.15) is 16.9 Å². The molecule has 0 bridgehead atoms. The molecule has 8 heteroatoms. The Morgan fingerprint density at radius 2 is 1.90 bits per heavy atom. The van der Waals surface area contributed by atoms with Gasteiger partial charge < -0.3 is 4.74 Å². The molecule has 20 heavy (non-hydrogen) atoms. The number of amides is 1. The van der Waals surface area contributed by atoms with Crippen molar-refractivity contribution in [2.75, 3.05) is 5.32 Å². The number of H-pyrrole nitrogens is 2. The van der Waals surface area contributed by atoms with Crippen LogP contribution in [0.2, 0.25) is 0 Å². The van der Waals surface area contributed by atoms with Crippen molar-refractivity contribution in [1.82, 2.24) is 9.97 Å². The van der Waals surface area contributed by atoms with Gasteiger partial charge in [0.2, 0.25) is 0 Å². The SMILES string of the molecule is O=C(Nc1[nH]c(=O)[nH]c(=O)c1Br)OCc1ccccc1. The summed E-state index contributed by atoms with van der Waals surface area (Å²) in [6.45, 7) is 0.0811. The summed E-state index contributed by atoms with van der Waals surface area (Å²) in [6, 6.07) is 9.10. The van der Waals surface area contributed by atoms with Crippen molar-refractivity contribution in [2.45, 2.75) is 6.61 Å². The zero-order valence-corrected chi connectivity index (χ0v) is 11.7. The third kappa shape index (κ3) is 3.58. The molecule has 3 N–H and O–H groups in total. The van der Waals surface area contributed by atoms with Crippen LogP contribution in [0, 0.1) is 0 Å². The third-order valence-electron chi connectivity index (χ3n) is 2.32. The van der Waals surface area contributed by atoms with Gasteiger partial charge in [-0.2, -0.15) is 0 Å². The van der Waals surface area contributed by atoms with Crippen LogP contribution in [0.15, 0.2) is 44.4 Å². The summed E-state index contributed by atoms with van der Waals surface area (Å²) < 4.78 is 4.97. The Morgan fingerprint density at radius 3 is 2.60 bits per heavy atom. The van der Waals surface area contributed by atoms with Gasteiger partial charge in [0, 0.05) is 0 Å². The number of carbonyl (C=O) groups excluding carboxylic acids is 1. The molecule has 1 aromatic carbocycles. The molecule has 0 aliphatic carbocycles. The van der Waals surface area contributed by atoms with Crippen molar-refractivity contribution < 1.29 is 9.53 Å². The predicted octanol–water partition coefficient (Wildman–Crippen LogP) is 1.57.